The highest BCUT2D eigenvalue weighted by Crippen LogP contribution is 2.32. The van der Waals surface area contributed by atoms with Gasteiger partial charge < -0.3 is 19.5 Å². The fourth-order valence-electron chi connectivity index (χ4n) is 1.59. The van der Waals surface area contributed by atoms with Crippen molar-refractivity contribution in [1.29, 1.82) is 0 Å². The van der Waals surface area contributed by atoms with Gasteiger partial charge in [0, 0.05) is 25.8 Å². The van der Waals surface area contributed by atoms with Crippen LogP contribution in [0.15, 0.2) is 18.2 Å². The first-order valence-corrected chi connectivity index (χ1v) is 6.08. The number of rotatable bonds is 9. The van der Waals surface area contributed by atoms with Crippen molar-refractivity contribution < 1.29 is 23.0 Å². The summed E-state index contributed by atoms with van der Waals surface area (Å²) in [5.41, 5.74) is 0.627. The second-order valence-electron chi connectivity index (χ2n) is 3.73. The summed E-state index contributed by atoms with van der Waals surface area (Å²) in [6, 6.07) is 5.08. The molecule has 0 atom stereocenters. The minimum atomic E-state index is -2.88. The topological polar surface area (TPSA) is 39.7 Å². The molecule has 0 radical (unpaired) electrons. The zero-order valence-electron chi connectivity index (χ0n) is 11.1. The van der Waals surface area contributed by atoms with Gasteiger partial charge in [0.05, 0.1) is 13.2 Å². The number of methoxy groups -OCH3 is 1. The highest BCUT2D eigenvalue weighted by atomic mass is 19.3. The molecule has 0 aliphatic carbocycles. The lowest BCUT2D eigenvalue weighted by atomic mass is 10.2. The van der Waals surface area contributed by atoms with Crippen molar-refractivity contribution in [2.75, 3.05) is 26.9 Å². The third kappa shape index (κ3) is 5.40. The molecule has 0 saturated heterocycles. The van der Waals surface area contributed by atoms with Crippen molar-refractivity contribution in [1.82, 2.24) is 5.32 Å². The molecule has 1 aromatic rings. The van der Waals surface area contributed by atoms with E-state index in [1.807, 2.05) is 0 Å². The Labute approximate surface area is 111 Å². The third-order valence-electron chi connectivity index (χ3n) is 2.37. The summed E-state index contributed by atoms with van der Waals surface area (Å²) in [5.74, 6) is 0.415. The maximum atomic E-state index is 12.4. The molecule has 4 nitrogen and oxygen atoms in total. The van der Waals surface area contributed by atoms with Gasteiger partial charge in [0.2, 0.25) is 0 Å². The normalized spacial score (nSPS) is 10.8. The SMILES string of the molecule is CCOc1cccc(CNCCOC)c1OC(F)F. The molecule has 108 valence electrons. The first kappa shape index (κ1) is 15.7. The van der Waals surface area contributed by atoms with Crippen LogP contribution in [-0.4, -0.2) is 33.5 Å². The molecule has 0 aliphatic heterocycles. The summed E-state index contributed by atoms with van der Waals surface area (Å²) in [5, 5.41) is 3.08. The molecule has 0 saturated carbocycles. The van der Waals surface area contributed by atoms with Gasteiger partial charge in [-0.3, -0.25) is 0 Å². The summed E-state index contributed by atoms with van der Waals surface area (Å²) >= 11 is 0. The lowest BCUT2D eigenvalue weighted by Gasteiger charge is -2.15. The Morgan fingerprint density at radius 3 is 2.74 bits per heavy atom. The van der Waals surface area contributed by atoms with Crippen molar-refractivity contribution in [2.24, 2.45) is 0 Å². The van der Waals surface area contributed by atoms with Crippen molar-refractivity contribution in [2.45, 2.75) is 20.1 Å². The van der Waals surface area contributed by atoms with Gasteiger partial charge in [-0.15, -0.1) is 0 Å². The summed E-state index contributed by atoms with van der Waals surface area (Å²) in [4.78, 5) is 0. The van der Waals surface area contributed by atoms with Crippen LogP contribution < -0.4 is 14.8 Å². The molecule has 0 heterocycles. The van der Waals surface area contributed by atoms with E-state index in [0.717, 1.165) is 0 Å². The van der Waals surface area contributed by atoms with Gasteiger partial charge in [-0.05, 0) is 13.0 Å². The van der Waals surface area contributed by atoms with Crippen LogP contribution in [0, 0.1) is 0 Å². The highest BCUT2D eigenvalue weighted by Gasteiger charge is 2.15. The molecular formula is C13H19F2NO3. The summed E-state index contributed by atoms with van der Waals surface area (Å²) in [7, 11) is 1.60. The molecule has 6 heteroatoms. The number of para-hydroxylation sites is 1. The summed E-state index contributed by atoms with van der Waals surface area (Å²) < 4.78 is 39.6. The maximum Gasteiger partial charge on any atom is 0.387 e. The van der Waals surface area contributed by atoms with E-state index in [1.165, 1.54) is 0 Å². The highest BCUT2D eigenvalue weighted by molar-refractivity contribution is 5.46. The third-order valence-corrected chi connectivity index (χ3v) is 2.37. The maximum absolute atomic E-state index is 12.4. The number of halogens is 2. The van der Waals surface area contributed by atoms with Crippen LogP contribution in [0.3, 0.4) is 0 Å². The number of alkyl halides is 2. The van der Waals surface area contributed by atoms with E-state index in [9.17, 15) is 8.78 Å². The largest absolute Gasteiger partial charge is 0.490 e. The zero-order valence-corrected chi connectivity index (χ0v) is 11.1. The molecule has 1 aromatic carbocycles. The quantitative estimate of drug-likeness (QED) is 0.703. The summed E-state index contributed by atoms with van der Waals surface area (Å²) in [6.45, 7) is 0.890. The zero-order chi connectivity index (χ0) is 14.1. The Bertz CT molecular complexity index is 375. The van der Waals surface area contributed by atoms with Crippen molar-refractivity contribution in [3.8, 4) is 11.5 Å². The van der Waals surface area contributed by atoms with Crippen molar-refractivity contribution in [3.05, 3.63) is 23.8 Å². The number of nitrogens with one attached hydrogen (secondary N) is 1. The molecule has 19 heavy (non-hydrogen) atoms. The number of benzene rings is 1. The molecule has 0 unspecified atom stereocenters. The Balaban J connectivity index is 2.78. The van der Waals surface area contributed by atoms with Crippen LogP contribution in [0.25, 0.3) is 0 Å². The fraction of sp³-hybridized carbons (Fsp3) is 0.538. The van der Waals surface area contributed by atoms with Crippen LogP contribution in [-0.2, 0) is 11.3 Å². The Morgan fingerprint density at radius 2 is 2.11 bits per heavy atom. The second-order valence-corrected chi connectivity index (χ2v) is 3.73. The fourth-order valence-corrected chi connectivity index (χ4v) is 1.59. The van der Waals surface area contributed by atoms with E-state index >= 15 is 0 Å². The van der Waals surface area contributed by atoms with E-state index in [-0.39, 0.29) is 5.75 Å². The molecule has 0 bridgehead atoms. The van der Waals surface area contributed by atoms with E-state index in [4.69, 9.17) is 9.47 Å². The average Bonchev–Trinajstić information content (AvgIpc) is 2.37. The Kier molecular flexibility index (Phi) is 7.14. The second kappa shape index (κ2) is 8.66. The average molecular weight is 275 g/mol. The Hall–Kier alpha value is -1.40. The van der Waals surface area contributed by atoms with Crippen molar-refractivity contribution >= 4 is 0 Å². The molecule has 0 spiro atoms. The minimum absolute atomic E-state index is 0.0873. The summed E-state index contributed by atoms with van der Waals surface area (Å²) in [6.07, 6.45) is 0. The van der Waals surface area contributed by atoms with Crippen LogP contribution in [0.5, 0.6) is 11.5 Å². The smallest absolute Gasteiger partial charge is 0.387 e. The van der Waals surface area contributed by atoms with E-state index in [2.05, 4.69) is 10.1 Å². The standard InChI is InChI=1S/C13H19F2NO3/c1-3-18-11-6-4-5-10(9-16-7-8-17-2)12(11)19-13(14)15/h4-6,13,16H,3,7-9H2,1-2H3. The molecule has 0 fully saturated rings. The predicted molar refractivity (Wildman–Crippen MR) is 67.8 cm³/mol. The molecule has 0 amide bonds. The number of hydrogen-bond donors (Lipinski definition) is 1. The molecule has 0 aliphatic rings. The molecule has 1 rings (SSSR count). The Morgan fingerprint density at radius 1 is 1.32 bits per heavy atom. The first-order valence-electron chi connectivity index (χ1n) is 6.08. The van der Waals surface area contributed by atoms with Crippen LogP contribution >= 0.6 is 0 Å². The monoisotopic (exact) mass is 275 g/mol. The molecular weight excluding hydrogens is 256 g/mol. The van der Waals surface area contributed by atoms with Gasteiger partial charge >= 0.3 is 6.61 Å². The number of ether oxygens (including phenoxy) is 3. The molecule has 1 N–H and O–H groups in total. The van der Waals surface area contributed by atoms with Crippen LogP contribution in [0.1, 0.15) is 12.5 Å². The van der Waals surface area contributed by atoms with Gasteiger partial charge in [-0.2, -0.15) is 8.78 Å². The van der Waals surface area contributed by atoms with Gasteiger partial charge in [0.1, 0.15) is 0 Å². The minimum Gasteiger partial charge on any atom is -0.490 e. The lowest BCUT2D eigenvalue weighted by molar-refractivity contribution is -0.0521. The van der Waals surface area contributed by atoms with E-state index < -0.39 is 6.61 Å². The van der Waals surface area contributed by atoms with Crippen LogP contribution in [0.2, 0.25) is 0 Å². The van der Waals surface area contributed by atoms with Gasteiger partial charge in [0.15, 0.2) is 11.5 Å². The van der Waals surface area contributed by atoms with E-state index in [0.29, 0.717) is 37.6 Å². The van der Waals surface area contributed by atoms with Gasteiger partial charge in [0.25, 0.3) is 0 Å². The van der Waals surface area contributed by atoms with E-state index in [1.54, 1.807) is 32.2 Å². The van der Waals surface area contributed by atoms with Crippen molar-refractivity contribution in [3.63, 3.8) is 0 Å². The lowest BCUT2D eigenvalue weighted by Crippen LogP contribution is -2.19. The van der Waals surface area contributed by atoms with Gasteiger partial charge in [-0.1, -0.05) is 12.1 Å². The molecule has 0 aromatic heterocycles. The predicted octanol–water partition coefficient (Wildman–Crippen LogP) is 2.42. The first-order chi connectivity index (χ1) is 9.19. The van der Waals surface area contributed by atoms with Gasteiger partial charge in [-0.25, -0.2) is 0 Å². The number of hydrogen-bond acceptors (Lipinski definition) is 4. The van der Waals surface area contributed by atoms with Crippen LogP contribution in [0.4, 0.5) is 8.78 Å².